The molecule has 1 aromatic rings. The molecule has 0 saturated carbocycles. The molecule has 3 aliphatic heterocycles. The predicted octanol–water partition coefficient (Wildman–Crippen LogP) is 1.50. The Kier molecular flexibility index (Phi) is 9.37. The summed E-state index contributed by atoms with van der Waals surface area (Å²) in [6, 6.07) is 10.2. The van der Waals surface area contributed by atoms with Crippen LogP contribution >= 0.6 is 0 Å². The number of hydrogen-bond donors (Lipinski definition) is 3. The SMILES string of the molecule is CCCNC(=O)N1C[C@H](O)COC[C@H]2O[C@@H](CC(=O)N[C@@H]3CCN(Cc4ccccc4)C3)CC[C@@H]21. The molecule has 0 aliphatic carbocycles. The van der Waals surface area contributed by atoms with E-state index in [0.717, 1.165) is 32.5 Å². The zero-order chi connectivity index (χ0) is 24.6. The zero-order valence-corrected chi connectivity index (χ0v) is 20.7. The molecule has 194 valence electrons. The third-order valence-corrected chi connectivity index (χ3v) is 7.07. The van der Waals surface area contributed by atoms with Gasteiger partial charge in [0, 0.05) is 32.2 Å². The number of β-amino-alcohol motifs (C(OH)–C–C–N with tert-alkyl or cyclic N) is 1. The second-order valence-corrected chi connectivity index (χ2v) is 9.99. The van der Waals surface area contributed by atoms with Gasteiger partial charge in [-0.25, -0.2) is 4.79 Å². The van der Waals surface area contributed by atoms with Crippen LogP contribution in [0.1, 0.15) is 44.6 Å². The van der Waals surface area contributed by atoms with E-state index in [1.54, 1.807) is 4.90 Å². The summed E-state index contributed by atoms with van der Waals surface area (Å²) in [5.74, 6) is 0.0136. The van der Waals surface area contributed by atoms with Crippen molar-refractivity contribution >= 4 is 11.9 Å². The molecule has 3 saturated heterocycles. The second-order valence-electron chi connectivity index (χ2n) is 9.99. The van der Waals surface area contributed by atoms with E-state index in [2.05, 4.69) is 39.8 Å². The van der Waals surface area contributed by atoms with Gasteiger partial charge in [0.15, 0.2) is 0 Å². The topological polar surface area (TPSA) is 103 Å². The first-order valence-corrected chi connectivity index (χ1v) is 13.0. The van der Waals surface area contributed by atoms with E-state index in [1.807, 2.05) is 13.0 Å². The first-order valence-electron chi connectivity index (χ1n) is 13.0. The first kappa shape index (κ1) is 25.9. The highest BCUT2D eigenvalue weighted by Gasteiger charge is 2.40. The number of likely N-dealkylation sites (tertiary alicyclic amines) is 1. The third-order valence-electron chi connectivity index (χ3n) is 7.07. The van der Waals surface area contributed by atoms with Crippen molar-refractivity contribution in [3.63, 3.8) is 0 Å². The summed E-state index contributed by atoms with van der Waals surface area (Å²) in [5, 5.41) is 16.3. The smallest absolute Gasteiger partial charge is 0.317 e. The van der Waals surface area contributed by atoms with Crippen LogP contribution in [0, 0.1) is 0 Å². The first-order chi connectivity index (χ1) is 17.0. The average molecular weight is 489 g/mol. The molecular weight excluding hydrogens is 448 g/mol. The summed E-state index contributed by atoms with van der Waals surface area (Å²) in [6.07, 6.45) is 2.27. The normalized spacial score (nSPS) is 29.7. The number of aliphatic hydroxyl groups is 1. The van der Waals surface area contributed by atoms with E-state index >= 15 is 0 Å². The minimum Gasteiger partial charge on any atom is -0.389 e. The lowest BCUT2D eigenvalue weighted by Crippen LogP contribution is -2.59. The number of nitrogens with one attached hydrogen (secondary N) is 2. The molecule has 0 aromatic heterocycles. The number of hydrogen-bond acceptors (Lipinski definition) is 6. The number of aliphatic hydroxyl groups excluding tert-OH is 1. The fourth-order valence-corrected chi connectivity index (χ4v) is 5.34. The van der Waals surface area contributed by atoms with Crippen LogP contribution in [0.2, 0.25) is 0 Å². The highest BCUT2D eigenvalue weighted by molar-refractivity contribution is 5.77. The van der Waals surface area contributed by atoms with Gasteiger partial charge in [0.2, 0.25) is 5.91 Å². The maximum Gasteiger partial charge on any atom is 0.317 e. The van der Waals surface area contributed by atoms with E-state index in [1.165, 1.54) is 5.56 Å². The van der Waals surface area contributed by atoms with Gasteiger partial charge < -0.3 is 30.1 Å². The largest absolute Gasteiger partial charge is 0.389 e. The van der Waals surface area contributed by atoms with Crippen molar-refractivity contribution in [3.8, 4) is 0 Å². The quantitative estimate of drug-likeness (QED) is 0.538. The highest BCUT2D eigenvalue weighted by atomic mass is 16.5. The van der Waals surface area contributed by atoms with Crippen LogP contribution in [0.15, 0.2) is 30.3 Å². The van der Waals surface area contributed by atoms with Gasteiger partial charge in [-0.3, -0.25) is 9.69 Å². The van der Waals surface area contributed by atoms with Crippen molar-refractivity contribution in [3.05, 3.63) is 35.9 Å². The average Bonchev–Trinajstić information content (AvgIpc) is 3.27. The molecule has 5 atom stereocenters. The molecule has 9 heteroatoms. The number of rotatable bonds is 7. The van der Waals surface area contributed by atoms with Crippen LogP contribution in [0.4, 0.5) is 4.79 Å². The summed E-state index contributed by atoms with van der Waals surface area (Å²) >= 11 is 0. The molecule has 35 heavy (non-hydrogen) atoms. The number of ether oxygens (including phenoxy) is 2. The fraction of sp³-hybridized carbons (Fsp3) is 0.692. The van der Waals surface area contributed by atoms with Gasteiger partial charge in [-0.2, -0.15) is 0 Å². The van der Waals surface area contributed by atoms with E-state index in [4.69, 9.17) is 9.47 Å². The molecule has 0 spiro atoms. The Morgan fingerprint density at radius 1 is 1.11 bits per heavy atom. The number of nitrogens with zero attached hydrogens (tertiary/aromatic N) is 2. The van der Waals surface area contributed by atoms with Crippen LogP contribution < -0.4 is 10.6 Å². The Morgan fingerprint density at radius 3 is 2.74 bits per heavy atom. The maximum atomic E-state index is 12.8. The van der Waals surface area contributed by atoms with Crippen molar-refractivity contribution in [2.45, 2.75) is 76.0 Å². The number of urea groups is 1. The van der Waals surface area contributed by atoms with Crippen LogP contribution in [0.5, 0.6) is 0 Å². The van der Waals surface area contributed by atoms with Crippen molar-refractivity contribution in [2.75, 3.05) is 39.4 Å². The summed E-state index contributed by atoms with van der Waals surface area (Å²) in [4.78, 5) is 29.6. The molecule has 1 aromatic carbocycles. The predicted molar refractivity (Wildman–Crippen MR) is 132 cm³/mol. The van der Waals surface area contributed by atoms with Gasteiger partial charge >= 0.3 is 6.03 Å². The second kappa shape index (κ2) is 12.7. The summed E-state index contributed by atoms with van der Waals surface area (Å²) < 4.78 is 11.9. The Morgan fingerprint density at radius 2 is 1.94 bits per heavy atom. The number of carbonyl (C=O) groups is 2. The Hall–Kier alpha value is -2.20. The molecular formula is C26H40N4O5. The Bertz CT molecular complexity index is 825. The molecule has 3 N–H and O–H groups in total. The lowest BCUT2D eigenvalue weighted by atomic mass is 9.95. The van der Waals surface area contributed by atoms with Gasteiger partial charge in [0.25, 0.3) is 0 Å². The lowest BCUT2D eigenvalue weighted by Gasteiger charge is -2.44. The maximum absolute atomic E-state index is 12.8. The van der Waals surface area contributed by atoms with Crippen molar-refractivity contribution < 1.29 is 24.2 Å². The van der Waals surface area contributed by atoms with Gasteiger partial charge in [0.05, 0.1) is 44.4 Å². The lowest BCUT2D eigenvalue weighted by molar-refractivity contribution is -0.150. The number of carbonyl (C=O) groups excluding carboxylic acids is 2. The zero-order valence-electron chi connectivity index (χ0n) is 20.7. The van der Waals surface area contributed by atoms with Crippen LogP contribution in [0.25, 0.3) is 0 Å². The standard InChI is InChI=1S/C26H40N4O5/c1-2-11-27-26(33)30-16-21(31)17-34-18-24-23(30)9-8-22(35-24)13-25(32)28-20-10-12-29(15-20)14-19-6-4-3-5-7-19/h3-7,20-24,31H,2,8-18H2,1H3,(H,27,33)(H,28,32)/t20-,21+,22-,23+,24-/m1/s1. The van der Waals surface area contributed by atoms with Crippen molar-refractivity contribution in [1.82, 2.24) is 20.4 Å². The van der Waals surface area contributed by atoms with E-state index in [9.17, 15) is 14.7 Å². The number of benzene rings is 1. The van der Waals surface area contributed by atoms with Gasteiger partial charge in [-0.1, -0.05) is 37.3 Å². The van der Waals surface area contributed by atoms with E-state index < -0.39 is 6.10 Å². The van der Waals surface area contributed by atoms with E-state index in [0.29, 0.717) is 32.4 Å². The summed E-state index contributed by atoms with van der Waals surface area (Å²) in [6.45, 7) is 6.01. The molecule has 0 bridgehead atoms. The highest BCUT2D eigenvalue weighted by Crippen LogP contribution is 2.28. The minimum atomic E-state index is -0.723. The van der Waals surface area contributed by atoms with Crippen LogP contribution in [-0.4, -0.2) is 96.6 Å². The van der Waals surface area contributed by atoms with Gasteiger partial charge in [0.1, 0.15) is 6.10 Å². The molecule has 3 fully saturated rings. The van der Waals surface area contributed by atoms with Crippen molar-refractivity contribution in [1.29, 1.82) is 0 Å². The van der Waals surface area contributed by atoms with Crippen molar-refractivity contribution in [2.24, 2.45) is 0 Å². The van der Waals surface area contributed by atoms with E-state index in [-0.39, 0.29) is 49.4 Å². The number of amides is 3. The fourth-order valence-electron chi connectivity index (χ4n) is 5.34. The Balaban J connectivity index is 1.26. The molecule has 3 heterocycles. The third kappa shape index (κ3) is 7.39. The molecule has 0 unspecified atom stereocenters. The van der Waals surface area contributed by atoms with Crippen LogP contribution in [0.3, 0.4) is 0 Å². The molecule has 3 aliphatic rings. The molecule has 0 radical (unpaired) electrons. The van der Waals surface area contributed by atoms with Crippen LogP contribution in [-0.2, 0) is 20.8 Å². The van der Waals surface area contributed by atoms with Gasteiger partial charge in [-0.15, -0.1) is 0 Å². The number of fused-ring (bicyclic) bond motifs is 1. The Labute approximate surface area is 208 Å². The summed E-state index contributed by atoms with van der Waals surface area (Å²) in [5.41, 5.74) is 1.29. The molecule has 4 rings (SSSR count). The van der Waals surface area contributed by atoms with Gasteiger partial charge in [-0.05, 0) is 31.2 Å². The molecule has 9 nitrogen and oxygen atoms in total. The minimum absolute atomic E-state index is 0.0136. The summed E-state index contributed by atoms with van der Waals surface area (Å²) in [7, 11) is 0. The monoisotopic (exact) mass is 488 g/mol. The molecule has 3 amide bonds.